The summed E-state index contributed by atoms with van der Waals surface area (Å²) in [5.74, 6) is 0. The van der Waals surface area contributed by atoms with Crippen molar-refractivity contribution in [3.63, 3.8) is 0 Å². The first-order chi connectivity index (χ1) is 3.83. The molecule has 0 N–H and O–H groups in total. The smallest absolute Gasteiger partial charge is 0.0564 e. The first-order valence-electron chi connectivity index (χ1n) is 3.83. The van der Waals surface area contributed by atoms with E-state index in [1.807, 2.05) is 0 Å². The lowest BCUT2D eigenvalue weighted by Crippen LogP contribution is -1.47. The Morgan fingerprint density at radius 1 is 0.357 bits per heavy atom. The lowest BCUT2D eigenvalue weighted by atomic mass is 10.4. The van der Waals surface area contributed by atoms with Crippen molar-refractivity contribution in [3.8, 4) is 0 Å². The van der Waals surface area contributed by atoms with Crippen molar-refractivity contribution in [1.82, 2.24) is 0 Å². The first kappa shape index (κ1) is 65.7. The van der Waals surface area contributed by atoms with Crippen LogP contribution in [0.15, 0.2) is 0 Å². The number of rotatable bonds is 2. The largest absolute Gasteiger partial charge is 0.0776 e. The molecule has 14 heavy (non-hydrogen) atoms. The van der Waals surface area contributed by atoms with Gasteiger partial charge >= 0.3 is 0 Å². The van der Waals surface area contributed by atoms with Crippen LogP contribution in [0, 0.1) is 0 Å². The molecule has 0 aliphatic heterocycles. The van der Waals surface area contributed by atoms with Gasteiger partial charge < -0.3 is 0 Å². The Bertz CT molecular complexity index is 8.00. The monoisotopic (exact) mass is 212 g/mol. The van der Waals surface area contributed by atoms with Gasteiger partial charge in [-0.1, -0.05) is 97.9 Å². The van der Waals surface area contributed by atoms with Crippen LogP contribution >= 0.6 is 0 Å². The average molecular weight is 213 g/mol. The molecule has 0 bridgehead atoms. The summed E-state index contributed by atoms with van der Waals surface area (Å²) in [4.78, 5) is 0. The molecule has 0 nitrogen and oxygen atoms in total. The number of unbranched alkanes of at least 4 members (excludes halogenated alkanes) is 2. The zero-order valence-electron chi connectivity index (χ0n) is 6.83. The Morgan fingerprint density at radius 2 is 0.429 bits per heavy atom. The van der Waals surface area contributed by atoms with Crippen LogP contribution in [0.3, 0.4) is 0 Å². The Kier molecular flexibility index (Phi) is 549. The van der Waals surface area contributed by atoms with Gasteiger partial charge in [-0.3, -0.25) is 0 Å². The molecule has 0 radical (unpaired) electrons. The Morgan fingerprint density at radius 3 is 0.429 bits per heavy atom. The van der Waals surface area contributed by atoms with Crippen LogP contribution in [0.4, 0.5) is 0 Å². The lowest BCUT2D eigenvalue weighted by Gasteiger charge is -1.68. The average Bonchev–Trinajstić information content (AvgIpc) is 1.88. The van der Waals surface area contributed by atoms with E-state index in [0.29, 0.717) is 0 Å². The van der Waals surface area contributed by atoms with Crippen LogP contribution in [-0.4, -0.2) is 0 Å². The molecule has 0 heteroatoms. The zero-order chi connectivity index (χ0) is 6.83. The fourth-order valence-corrected chi connectivity index (χ4v) is 0. The van der Waals surface area contributed by atoms with Gasteiger partial charge in [0.15, 0.2) is 0 Å². The maximum atomic E-state index is 2.18. The molecule has 0 heterocycles. The van der Waals surface area contributed by atoms with Gasteiger partial charge in [0.1, 0.15) is 0 Å². The second-order valence-corrected chi connectivity index (χ2v) is 2.00. The summed E-state index contributed by atoms with van der Waals surface area (Å²) in [6, 6.07) is 0. The number of hydrogen-bond donors (Lipinski definition) is 0. The van der Waals surface area contributed by atoms with E-state index in [0.717, 1.165) is 0 Å². The molecule has 0 atom stereocenters. The van der Waals surface area contributed by atoms with Crippen molar-refractivity contribution in [2.75, 3.05) is 0 Å². The normalized spacial score (nSPS) is 4.29. The molecular weight excluding hydrogens is 168 g/mol. The van der Waals surface area contributed by atoms with E-state index in [1.165, 1.54) is 25.7 Å². The molecule has 0 saturated heterocycles. The Balaban J connectivity index is -0.00000000600. The second-order valence-electron chi connectivity index (χ2n) is 2.00. The standard InChI is InChI=1S/2C4H10.6CH4/c2*1-3-4-2;;;;;;/h2*3-4H2,1-2H3;6*1H4. The topological polar surface area (TPSA) is 0 Å². The first-order valence-corrected chi connectivity index (χ1v) is 3.83. The molecular formula is C14H44. The van der Waals surface area contributed by atoms with E-state index >= 15 is 0 Å². The SMILES string of the molecule is C.C.C.C.C.C.CCCC.CCCC. The van der Waals surface area contributed by atoms with E-state index < -0.39 is 0 Å². The van der Waals surface area contributed by atoms with Gasteiger partial charge in [-0.15, -0.1) is 0 Å². The molecule has 0 aromatic rings. The highest BCUT2D eigenvalue weighted by Gasteiger charge is 1.56. The third-order valence-corrected chi connectivity index (χ3v) is 1.000. The van der Waals surface area contributed by atoms with Gasteiger partial charge in [-0.2, -0.15) is 0 Å². The third kappa shape index (κ3) is 363. The van der Waals surface area contributed by atoms with Crippen molar-refractivity contribution in [2.45, 2.75) is 97.9 Å². The van der Waals surface area contributed by atoms with Gasteiger partial charge in [-0.25, -0.2) is 0 Å². The summed E-state index contributed by atoms with van der Waals surface area (Å²) in [7, 11) is 0. The summed E-state index contributed by atoms with van der Waals surface area (Å²) >= 11 is 0. The maximum Gasteiger partial charge on any atom is -0.0564 e. The quantitative estimate of drug-likeness (QED) is 0.446. The van der Waals surface area contributed by atoms with Gasteiger partial charge in [0.2, 0.25) is 0 Å². The Labute approximate surface area is 98.5 Å². The van der Waals surface area contributed by atoms with Crippen LogP contribution in [0.25, 0.3) is 0 Å². The third-order valence-electron chi connectivity index (χ3n) is 1.000. The van der Waals surface area contributed by atoms with E-state index in [-0.39, 0.29) is 44.6 Å². The summed E-state index contributed by atoms with van der Waals surface area (Å²) in [6.07, 6.45) is 5.28. The van der Waals surface area contributed by atoms with Gasteiger partial charge in [0.25, 0.3) is 0 Å². The van der Waals surface area contributed by atoms with Gasteiger partial charge in [-0.05, 0) is 0 Å². The predicted octanol–water partition coefficient (Wildman–Crippen LogP) is 7.43. The molecule has 0 unspecified atom stereocenters. The molecule has 0 saturated carbocycles. The van der Waals surface area contributed by atoms with Crippen molar-refractivity contribution in [1.29, 1.82) is 0 Å². The fraction of sp³-hybridized carbons (Fsp3) is 1.00. The molecule has 0 aliphatic carbocycles. The molecule has 0 fully saturated rings. The molecule has 100 valence electrons. The van der Waals surface area contributed by atoms with Crippen LogP contribution in [0.1, 0.15) is 97.9 Å². The minimum Gasteiger partial charge on any atom is -0.0776 e. The van der Waals surface area contributed by atoms with Crippen LogP contribution < -0.4 is 0 Å². The minimum absolute atomic E-state index is 0. The van der Waals surface area contributed by atoms with Crippen molar-refractivity contribution >= 4 is 0 Å². The summed E-state index contributed by atoms with van der Waals surface area (Å²) in [6.45, 7) is 8.72. The lowest BCUT2D eigenvalue weighted by molar-refractivity contribution is 0.886. The fourth-order valence-electron chi connectivity index (χ4n) is 0. The minimum atomic E-state index is 0. The summed E-state index contributed by atoms with van der Waals surface area (Å²) < 4.78 is 0. The summed E-state index contributed by atoms with van der Waals surface area (Å²) in [5.41, 5.74) is 0. The van der Waals surface area contributed by atoms with E-state index in [9.17, 15) is 0 Å². The van der Waals surface area contributed by atoms with E-state index in [2.05, 4.69) is 27.7 Å². The second kappa shape index (κ2) is 117. The highest BCUT2D eigenvalue weighted by molar-refractivity contribution is 4.13. The molecule has 0 aromatic heterocycles. The zero-order valence-corrected chi connectivity index (χ0v) is 6.83. The van der Waals surface area contributed by atoms with Gasteiger partial charge in [0.05, 0.1) is 0 Å². The van der Waals surface area contributed by atoms with E-state index in [1.54, 1.807) is 0 Å². The van der Waals surface area contributed by atoms with Crippen LogP contribution in [0.2, 0.25) is 0 Å². The van der Waals surface area contributed by atoms with Gasteiger partial charge in [0, 0.05) is 0 Å². The van der Waals surface area contributed by atoms with E-state index in [4.69, 9.17) is 0 Å². The number of hydrogen-bond acceptors (Lipinski definition) is 0. The van der Waals surface area contributed by atoms with Crippen molar-refractivity contribution in [3.05, 3.63) is 0 Å². The molecule has 0 amide bonds. The van der Waals surface area contributed by atoms with Crippen LogP contribution in [0.5, 0.6) is 0 Å². The highest BCUT2D eigenvalue weighted by atomic mass is 13.6. The van der Waals surface area contributed by atoms with Crippen molar-refractivity contribution in [2.24, 2.45) is 0 Å². The molecule has 0 aromatic carbocycles. The molecule has 0 rings (SSSR count). The predicted molar refractivity (Wildman–Crippen MR) is 81.6 cm³/mol. The maximum absolute atomic E-state index is 2.18. The molecule has 0 aliphatic rings. The van der Waals surface area contributed by atoms with Crippen molar-refractivity contribution < 1.29 is 0 Å². The summed E-state index contributed by atoms with van der Waals surface area (Å²) in [5, 5.41) is 0. The van der Waals surface area contributed by atoms with Crippen LogP contribution in [-0.2, 0) is 0 Å². The molecule has 0 spiro atoms. The highest BCUT2D eigenvalue weighted by Crippen LogP contribution is 1.77. The Hall–Kier alpha value is 0.